The van der Waals surface area contributed by atoms with Gasteiger partial charge in [0, 0.05) is 16.5 Å². The summed E-state index contributed by atoms with van der Waals surface area (Å²) in [4.78, 5) is 26.1. The molecule has 2 aliphatic rings. The molecule has 3 aromatic rings. The minimum absolute atomic E-state index is 0.353. The molecule has 6 nitrogen and oxygen atoms in total. The van der Waals surface area contributed by atoms with Crippen molar-refractivity contribution in [1.29, 1.82) is 0 Å². The molecule has 2 aromatic carbocycles. The zero-order valence-corrected chi connectivity index (χ0v) is 23.3. The number of allylic oxidation sites excluding steroid dienone is 1. The van der Waals surface area contributed by atoms with E-state index in [1.54, 1.807) is 7.11 Å². The predicted octanol–water partition coefficient (Wildman–Crippen LogP) is 7.28. The first-order valence-corrected chi connectivity index (χ1v) is 13.5. The Bertz CT molecular complexity index is 1450. The van der Waals surface area contributed by atoms with Crippen molar-refractivity contribution in [3.05, 3.63) is 58.7 Å². The average molecular weight is 516 g/mol. The van der Waals surface area contributed by atoms with E-state index in [0.717, 1.165) is 51.9 Å². The highest BCUT2D eigenvalue weighted by Gasteiger charge is 2.32. The molecule has 1 aromatic heterocycles. The van der Waals surface area contributed by atoms with Crippen LogP contribution in [-0.2, 0) is 20.8 Å². The van der Waals surface area contributed by atoms with Crippen LogP contribution in [0.4, 0.5) is 0 Å². The Kier molecular flexibility index (Phi) is 6.84. The summed E-state index contributed by atoms with van der Waals surface area (Å²) in [6.07, 6.45) is 5.91. The van der Waals surface area contributed by atoms with Crippen molar-refractivity contribution in [3.8, 4) is 17.0 Å². The number of aromatic nitrogens is 1. The molecule has 200 valence electrons. The number of hydrogen-bond donors (Lipinski definition) is 0. The third-order valence-electron chi connectivity index (χ3n) is 7.84. The van der Waals surface area contributed by atoms with Crippen LogP contribution in [0.15, 0.2) is 42.0 Å². The number of fused-ring (bicyclic) bond motifs is 5. The molecule has 0 bridgehead atoms. The van der Waals surface area contributed by atoms with Gasteiger partial charge in [-0.05, 0) is 93.5 Å². The zero-order chi connectivity index (χ0) is 27.2. The normalized spacial score (nSPS) is 16.1. The van der Waals surface area contributed by atoms with E-state index in [1.807, 2.05) is 52.0 Å². The number of hydrogen-bond acceptors (Lipinski definition) is 5. The number of rotatable bonds is 4. The van der Waals surface area contributed by atoms with Crippen molar-refractivity contribution >= 4 is 28.4 Å². The fraction of sp³-hybridized carbons (Fsp3) is 0.438. The standard InChI is InChI=1S/C32H37NO5/c1-19-25-17-22(36-5)13-15-23(25)29-28(20-10-8-7-9-11-20)24-14-12-21(30(34)38-32(2,3)4)16-27(24)33(29)18-26(19)31(35)37-6/h12-17,20H,7-11,18H2,1-6H3. The van der Waals surface area contributed by atoms with Crippen molar-refractivity contribution in [1.82, 2.24) is 4.57 Å². The van der Waals surface area contributed by atoms with E-state index >= 15 is 0 Å². The summed E-state index contributed by atoms with van der Waals surface area (Å²) >= 11 is 0. The third kappa shape index (κ3) is 4.61. The van der Waals surface area contributed by atoms with Gasteiger partial charge in [0.2, 0.25) is 0 Å². The molecule has 38 heavy (non-hydrogen) atoms. The first-order chi connectivity index (χ1) is 18.1. The Balaban J connectivity index is 1.83. The van der Waals surface area contributed by atoms with Crippen LogP contribution in [0.1, 0.15) is 87.2 Å². The van der Waals surface area contributed by atoms with Gasteiger partial charge in [0.1, 0.15) is 11.4 Å². The molecule has 0 amide bonds. The summed E-state index contributed by atoms with van der Waals surface area (Å²) in [5.41, 5.74) is 6.77. The summed E-state index contributed by atoms with van der Waals surface area (Å²) < 4.78 is 18.7. The van der Waals surface area contributed by atoms with Crippen LogP contribution in [0.3, 0.4) is 0 Å². The number of esters is 2. The summed E-state index contributed by atoms with van der Waals surface area (Å²) in [6.45, 7) is 7.94. The highest BCUT2D eigenvalue weighted by Crippen LogP contribution is 2.48. The van der Waals surface area contributed by atoms with E-state index in [4.69, 9.17) is 14.2 Å². The fourth-order valence-corrected chi connectivity index (χ4v) is 6.05. The monoisotopic (exact) mass is 515 g/mol. The maximum Gasteiger partial charge on any atom is 0.338 e. The van der Waals surface area contributed by atoms with E-state index in [-0.39, 0.29) is 11.9 Å². The quantitative estimate of drug-likeness (QED) is 0.342. The van der Waals surface area contributed by atoms with Crippen molar-refractivity contribution in [2.24, 2.45) is 0 Å². The Morgan fingerprint density at radius 2 is 1.66 bits per heavy atom. The van der Waals surface area contributed by atoms with Gasteiger partial charge in [-0.1, -0.05) is 25.3 Å². The van der Waals surface area contributed by atoms with Gasteiger partial charge in [-0.15, -0.1) is 0 Å². The predicted molar refractivity (Wildman–Crippen MR) is 150 cm³/mol. The van der Waals surface area contributed by atoms with Crippen LogP contribution < -0.4 is 4.74 Å². The topological polar surface area (TPSA) is 66.8 Å². The number of carbonyl (C=O) groups excluding carboxylic acids is 2. The molecule has 0 radical (unpaired) electrons. The molecule has 6 heteroatoms. The smallest absolute Gasteiger partial charge is 0.338 e. The van der Waals surface area contributed by atoms with Gasteiger partial charge in [0.05, 0.1) is 37.6 Å². The molecule has 0 spiro atoms. The molecule has 0 N–H and O–H groups in total. The molecule has 0 unspecified atom stereocenters. The minimum atomic E-state index is -0.592. The summed E-state index contributed by atoms with van der Waals surface area (Å²) in [5, 5.41) is 1.13. The zero-order valence-electron chi connectivity index (χ0n) is 23.3. The maximum absolute atomic E-state index is 13.1. The second-order valence-electron chi connectivity index (χ2n) is 11.4. The molecular formula is C32H37NO5. The van der Waals surface area contributed by atoms with Crippen molar-refractivity contribution in [2.75, 3.05) is 14.2 Å². The van der Waals surface area contributed by atoms with E-state index in [9.17, 15) is 9.59 Å². The van der Waals surface area contributed by atoms with Crippen LogP contribution in [-0.4, -0.2) is 36.3 Å². The van der Waals surface area contributed by atoms with Crippen molar-refractivity contribution in [3.63, 3.8) is 0 Å². The van der Waals surface area contributed by atoms with Crippen molar-refractivity contribution in [2.45, 2.75) is 77.9 Å². The van der Waals surface area contributed by atoms with Crippen LogP contribution in [0.2, 0.25) is 0 Å². The van der Waals surface area contributed by atoms with Gasteiger partial charge in [-0.25, -0.2) is 9.59 Å². The number of nitrogens with zero attached hydrogens (tertiary/aromatic N) is 1. The molecule has 0 saturated heterocycles. The first kappa shape index (κ1) is 26.1. The van der Waals surface area contributed by atoms with Gasteiger partial charge in [-0.3, -0.25) is 0 Å². The summed E-state index contributed by atoms with van der Waals surface area (Å²) in [7, 11) is 3.07. The molecule has 1 fully saturated rings. The largest absolute Gasteiger partial charge is 0.497 e. The Morgan fingerprint density at radius 3 is 2.32 bits per heavy atom. The number of carbonyl (C=O) groups is 2. The van der Waals surface area contributed by atoms with Crippen LogP contribution >= 0.6 is 0 Å². The van der Waals surface area contributed by atoms with Gasteiger partial charge in [-0.2, -0.15) is 0 Å². The lowest BCUT2D eigenvalue weighted by Crippen LogP contribution is -2.23. The first-order valence-electron chi connectivity index (χ1n) is 13.5. The minimum Gasteiger partial charge on any atom is -0.497 e. The Labute approximate surface area is 224 Å². The second-order valence-corrected chi connectivity index (χ2v) is 11.4. The summed E-state index contributed by atoms with van der Waals surface area (Å²) in [6, 6.07) is 12.0. The fourth-order valence-electron chi connectivity index (χ4n) is 6.05. The molecule has 0 atom stereocenters. The van der Waals surface area contributed by atoms with Gasteiger partial charge < -0.3 is 18.8 Å². The Morgan fingerprint density at radius 1 is 0.921 bits per heavy atom. The molecular weight excluding hydrogens is 478 g/mol. The number of benzene rings is 2. The van der Waals surface area contributed by atoms with Gasteiger partial charge in [0.15, 0.2) is 0 Å². The maximum atomic E-state index is 13.1. The van der Waals surface area contributed by atoms with Crippen LogP contribution in [0.5, 0.6) is 5.75 Å². The molecule has 5 rings (SSSR count). The van der Waals surface area contributed by atoms with Gasteiger partial charge in [0.25, 0.3) is 0 Å². The lowest BCUT2D eigenvalue weighted by atomic mass is 9.81. The summed E-state index contributed by atoms with van der Waals surface area (Å²) in [5.74, 6) is 0.439. The molecule has 2 heterocycles. The lowest BCUT2D eigenvalue weighted by molar-refractivity contribution is -0.136. The third-order valence-corrected chi connectivity index (χ3v) is 7.84. The van der Waals surface area contributed by atoms with E-state index < -0.39 is 5.60 Å². The van der Waals surface area contributed by atoms with E-state index in [1.165, 1.54) is 31.9 Å². The SMILES string of the molecule is COC(=O)C1=C(C)c2cc(OC)ccc2-c2c(C3CCCCC3)c3ccc(C(=O)OC(C)(C)C)cc3n2C1. The molecule has 1 saturated carbocycles. The van der Waals surface area contributed by atoms with E-state index in [2.05, 4.69) is 16.7 Å². The molecule has 1 aliphatic heterocycles. The van der Waals surface area contributed by atoms with Crippen LogP contribution in [0.25, 0.3) is 27.7 Å². The molecule has 1 aliphatic carbocycles. The lowest BCUT2D eigenvalue weighted by Gasteiger charge is -2.24. The van der Waals surface area contributed by atoms with Crippen LogP contribution in [0, 0.1) is 0 Å². The van der Waals surface area contributed by atoms with Crippen molar-refractivity contribution < 1.29 is 23.8 Å². The highest BCUT2D eigenvalue weighted by atomic mass is 16.6. The highest BCUT2D eigenvalue weighted by molar-refractivity contribution is 6.04. The average Bonchev–Trinajstić information content (AvgIpc) is 3.16. The van der Waals surface area contributed by atoms with Gasteiger partial charge >= 0.3 is 11.9 Å². The second kappa shape index (κ2) is 9.97. The number of methoxy groups -OCH3 is 2. The van der Waals surface area contributed by atoms with E-state index in [0.29, 0.717) is 23.6 Å². The number of ether oxygens (including phenoxy) is 3. The Hall–Kier alpha value is -3.54.